The fourth-order valence-electron chi connectivity index (χ4n) is 3.83. The number of nitro groups is 1. The highest BCUT2D eigenvalue weighted by atomic mass is 16.6. The molecule has 3 atom stereocenters. The summed E-state index contributed by atoms with van der Waals surface area (Å²) in [4.78, 5) is 50.2. The third-order valence-corrected chi connectivity index (χ3v) is 5.68. The predicted octanol–water partition coefficient (Wildman–Crippen LogP) is 3.88. The van der Waals surface area contributed by atoms with Crippen molar-refractivity contribution in [1.29, 1.82) is 5.26 Å². The summed E-state index contributed by atoms with van der Waals surface area (Å²) < 4.78 is 11.0. The number of benzene rings is 2. The molecule has 11 heteroatoms. The number of esters is 1. The van der Waals surface area contributed by atoms with Gasteiger partial charge in [-0.3, -0.25) is 19.8 Å². The fourth-order valence-corrected chi connectivity index (χ4v) is 3.83. The molecular weight excluding hydrogens is 480 g/mol. The number of nitrogens with one attached hydrogen (secondary N) is 1. The monoisotopic (exact) mass is 508 g/mol. The van der Waals surface area contributed by atoms with Crippen LogP contribution in [0.5, 0.6) is 0 Å². The highest BCUT2D eigenvalue weighted by Crippen LogP contribution is 2.26. The van der Waals surface area contributed by atoms with Crippen molar-refractivity contribution in [2.24, 2.45) is 0 Å². The summed E-state index contributed by atoms with van der Waals surface area (Å²) in [6, 6.07) is 12.4. The molecule has 0 aliphatic carbocycles. The maximum absolute atomic E-state index is 13.2. The first-order chi connectivity index (χ1) is 17.4. The van der Waals surface area contributed by atoms with Crippen molar-refractivity contribution in [2.75, 3.05) is 6.54 Å². The van der Waals surface area contributed by atoms with Gasteiger partial charge in [-0.2, -0.15) is 5.26 Å². The topological polar surface area (TPSA) is 152 Å². The van der Waals surface area contributed by atoms with Crippen LogP contribution in [0.3, 0.4) is 0 Å². The first-order valence-corrected chi connectivity index (χ1v) is 11.6. The average molecular weight is 509 g/mol. The van der Waals surface area contributed by atoms with Crippen LogP contribution < -0.4 is 5.32 Å². The van der Waals surface area contributed by atoms with E-state index in [1.165, 1.54) is 29.2 Å². The van der Waals surface area contributed by atoms with Crippen molar-refractivity contribution in [2.45, 2.75) is 57.9 Å². The largest absolute Gasteiger partial charge is 0.457 e. The summed E-state index contributed by atoms with van der Waals surface area (Å²) in [6.45, 7) is 6.83. The number of non-ortho nitro benzene ring substituents is 1. The molecule has 1 saturated heterocycles. The van der Waals surface area contributed by atoms with Gasteiger partial charge in [0.15, 0.2) is 0 Å². The third kappa shape index (κ3) is 7.04. The van der Waals surface area contributed by atoms with E-state index >= 15 is 0 Å². The van der Waals surface area contributed by atoms with Crippen LogP contribution in [-0.2, 0) is 14.3 Å². The number of hydrogen-bond donors (Lipinski definition) is 1. The summed E-state index contributed by atoms with van der Waals surface area (Å²) in [7, 11) is 0. The van der Waals surface area contributed by atoms with Crippen LogP contribution in [0, 0.1) is 21.4 Å². The van der Waals surface area contributed by atoms with Gasteiger partial charge in [-0.15, -0.1) is 0 Å². The predicted molar refractivity (Wildman–Crippen MR) is 131 cm³/mol. The summed E-state index contributed by atoms with van der Waals surface area (Å²) >= 11 is 0. The minimum Gasteiger partial charge on any atom is -0.457 e. The maximum Gasteiger partial charge on any atom is 0.411 e. The number of carbonyl (C=O) groups is 3. The summed E-state index contributed by atoms with van der Waals surface area (Å²) in [5.74, 6) is -1.17. The number of likely N-dealkylation sites (tertiary alicyclic amines) is 1. The minimum absolute atomic E-state index is 0.0455. The molecule has 194 valence electrons. The lowest BCUT2D eigenvalue weighted by Gasteiger charge is -2.28. The van der Waals surface area contributed by atoms with Crippen LogP contribution >= 0.6 is 0 Å². The molecular formula is C26H28N4O7. The normalized spacial score (nSPS) is 17.9. The summed E-state index contributed by atoms with van der Waals surface area (Å²) in [6.07, 6.45) is -1.46. The second kappa shape index (κ2) is 11.1. The van der Waals surface area contributed by atoms with Gasteiger partial charge in [-0.25, -0.2) is 9.59 Å². The van der Waals surface area contributed by atoms with Crippen LogP contribution in [0.25, 0.3) is 0 Å². The Morgan fingerprint density at radius 3 is 2.30 bits per heavy atom. The highest BCUT2D eigenvalue weighted by Gasteiger charge is 2.43. The lowest BCUT2D eigenvalue weighted by atomic mass is 10.1. The standard InChI is InChI=1S/C26H28N4O7/c1-16(18-7-5-17(14-27)6-8-18)28-23(31)22-13-21(15-29(22)25(33)37-26(2,3)4)36-24(32)19-9-11-20(12-10-19)30(34)35/h5-12,16,21-22H,13,15H2,1-4H3,(H,28,31)/t16-,21?,22?/m0/s1. The lowest BCUT2D eigenvalue weighted by Crippen LogP contribution is -2.48. The Hall–Kier alpha value is -4.46. The molecule has 0 aromatic heterocycles. The fraction of sp³-hybridized carbons (Fsp3) is 0.385. The van der Waals surface area contributed by atoms with E-state index in [1.807, 2.05) is 6.07 Å². The van der Waals surface area contributed by atoms with Gasteiger partial charge in [0, 0.05) is 18.6 Å². The summed E-state index contributed by atoms with van der Waals surface area (Å²) in [5, 5.41) is 22.7. The van der Waals surface area contributed by atoms with Gasteiger partial charge < -0.3 is 14.8 Å². The number of nitro benzene ring substituents is 1. The van der Waals surface area contributed by atoms with Gasteiger partial charge in [0.25, 0.3) is 5.69 Å². The quantitative estimate of drug-likeness (QED) is 0.351. The van der Waals surface area contributed by atoms with E-state index in [4.69, 9.17) is 14.7 Å². The van der Waals surface area contributed by atoms with Gasteiger partial charge in [-0.1, -0.05) is 12.1 Å². The van der Waals surface area contributed by atoms with Crippen LogP contribution in [0.15, 0.2) is 48.5 Å². The Labute approximate surface area is 214 Å². The van der Waals surface area contributed by atoms with Gasteiger partial charge in [0.05, 0.1) is 34.7 Å². The molecule has 0 spiro atoms. The van der Waals surface area contributed by atoms with Crippen LogP contribution in [0.1, 0.15) is 61.6 Å². The Kier molecular flexibility index (Phi) is 8.12. The smallest absolute Gasteiger partial charge is 0.411 e. The number of rotatable bonds is 6. The average Bonchev–Trinajstić information content (AvgIpc) is 3.27. The van der Waals surface area contributed by atoms with E-state index in [9.17, 15) is 24.5 Å². The molecule has 37 heavy (non-hydrogen) atoms. The molecule has 3 rings (SSSR count). The Morgan fingerprint density at radius 1 is 1.14 bits per heavy atom. The minimum atomic E-state index is -0.953. The van der Waals surface area contributed by atoms with E-state index in [1.54, 1.807) is 52.0 Å². The second-order valence-electron chi connectivity index (χ2n) is 9.68. The highest BCUT2D eigenvalue weighted by molar-refractivity contribution is 5.90. The van der Waals surface area contributed by atoms with Crippen molar-refractivity contribution in [3.05, 3.63) is 75.3 Å². The van der Waals surface area contributed by atoms with E-state index in [0.29, 0.717) is 5.56 Å². The third-order valence-electron chi connectivity index (χ3n) is 5.68. The molecule has 0 radical (unpaired) electrons. The van der Waals surface area contributed by atoms with Crippen LogP contribution in [0.4, 0.5) is 10.5 Å². The number of carbonyl (C=O) groups excluding carboxylic acids is 3. The van der Waals surface area contributed by atoms with Crippen LogP contribution in [-0.4, -0.2) is 52.1 Å². The SMILES string of the molecule is C[C@H](NC(=O)C1CC(OC(=O)c2ccc([N+](=O)[O-])cc2)CN1C(=O)OC(C)(C)C)c1ccc(C#N)cc1. The van der Waals surface area contributed by atoms with Crippen molar-refractivity contribution < 1.29 is 28.8 Å². The Bertz CT molecular complexity index is 1210. The Balaban J connectivity index is 1.74. The molecule has 1 heterocycles. The number of amides is 2. The lowest BCUT2D eigenvalue weighted by molar-refractivity contribution is -0.384. The van der Waals surface area contributed by atoms with Crippen molar-refractivity contribution in [1.82, 2.24) is 10.2 Å². The van der Waals surface area contributed by atoms with Crippen molar-refractivity contribution >= 4 is 23.7 Å². The van der Waals surface area contributed by atoms with Gasteiger partial charge in [0.1, 0.15) is 17.7 Å². The van der Waals surface area contributed by atoms with Gasteiger partial charge >= 0.3 is 12.1 Å². The first kappa shape index (κ1) is 27.1. The van der Waals surface area contributed by atoms with E-state index in [2.05, 4.69) is 5.32 Å². The van der Waals surface area contributed by atoms with Gasteiger partial charge in [0.2, 0.25) is 5.91 Å². The molecule has 0 saturated carbocycles. The molecule has 2 aromatic rings. The van der Waals surface area contributed by atoms with Crippen molar-refractivity contribution in [3.8, 4) is 6.07 Å². The number of ether oxygens (including phenoxy) is 2. The molecule has 2 amide bonds. The number of nitrogens with zero attached hydrogens (tertiary/aromatic N) is 3. The van der Waals surface area contributed by atoms with Crippen LogP contribution in [0.2, 0.25) is 0 Å². The zero-order valence-electron chi connectivity index (χ0n) is 21.0. The molecule has 11 nitrogen and oxygen atoms in total. The molecule has 1 aliphatic heterocycles. The molecule has 1 fully saturated rings. The molecule has 1 N–H and O–H groups in total. The summed E-state index contributed by atoms with van der Waals surface area (Å²) in [5.41, 5.74) is 0.405. The maximum atomic E-state index is 13.2. The van der Waals surface area contributed by atoms with E-state index in [-0.39, 0.29) is 24.2 Å². The second-order valence-corrected chi connectivity index (χ2v) is 9.68. The van der Waals surface area contributed by atoms with E-state index < -0.39 is 46.7 Å². The van der Waals surface area contributed by atoms with Gasteiger partial charge in [-0.05, 0) is 57.5 Å². The molecule has 1 aliphatic rings. The zero-order valence-corrected chi connectivity index (χ0v) is 21.0. The van der Waals surface area contributed by atoms with Crippen molar-refractivity contribution in [3.63, 3.8) is 0 Å². The number of nitriles is 1. The zero-order chi connectivity index (χ0) is 27.3. The molecule has 0 bridgehead atoms. The van der Waals surface area contributed by atoms with E-state index in [0.717, 1.165) is 5.56 Å². The molecule has 2 unspecified atom stereocenters. The molecule has 2 aromatic carbocycles. The number of hydrogen-bond acceptors (Lipinski definition) is 8. The Morgan fingerprint density at radius 2 is 1.76 bits per heavy atom. The first-order valence-electron chi connectivity index (χ1n) is 11.6.